The Bertz CT molecular complexity index is 645. The molecule has 3 fully saturated rings. The van der Waals surface area contributed by atoms with Crippen LogP contribution in [-0.2, 0) is 33.3 Å². The topological polar surface area (TPSA) is 130 Å². The summed E-state index contributed by atoms with van der Waals surface area (Å²) in [5.74, 6) is -1.10. The molecule has 0 aromatic rings. The number of hydrogen-bond donors (Lipinski definition) is 2. The molecule has 0 bridgehead atoms. The minimum Gasteiger partial charge on any atom is -0.461 e. The van der Waals surface area contributed by atoms with Crippen LogP contribution < -0.4 is 5.32 Å². The summed E-state index contributed by atoms with van der Waals surface area (Å²) in [4.78, 5) is 35.3. The van der Waals surface area contributed by atoms with Crippen molar-refractivity contribution in [3.63, 3.8) is 0 Å². The number of carbonyl (C=O) groups is 3. The summed E-state index contributed by atoms with van der Waals surface area (Å²) in [7, 11) is 0. The molecule has 3 saturated heterocycles. The van der Waals surface area contributed by atoms with Gasteiger partial charge in [-0.1, -0.05) is 0 Å². The maximum absolute atomic E-state index is 12.1. The van der Waals surface area contributed by atoms with Gasteiger partial charge in [0.15, 0.2) is 6.10 Å². The van der Waals surface area contributed by atoms with E-state index in [2.05, 4.69) is 5.32 Å². The number of aliphatic hydroxyl groups is 1. The van der Waals surface area contributed by atoms with E-state index in [-0.39, 0.29) is 19.6 Å². The maximum atomic E-state index is 12.1. The van der Waals surface area contributed by atoms with Crippen LogP contribution in [0.3, 0.4) is 0 Å². The minimum absolute atomic E-state index is 0.0142. The standard InChI is InChI=1S/C18H27NO9/c1-9(20)26-12-7-24-11-6-18(27-14(11)13(12)21)5-10(15(22)25-8-18)19-16(23)28-17(2,3)4/h10-14,21H,5-8H2,1-4H3,(H,19,23)/t10-,11+,12-,13+,14-,18+/m0/s1. The molecule has 0 aliphatic carbocycles. The molecule has 3 rings (SSSR count). The fraction of sp³-hybridized carbons (Fsp3) is 0.833. The van der Waals surface area contributed by atoms with E-state index in [0.29, 0.717) is 6.42 Å². The van der Waals surface area contributed by atoms with Crippen molar-refractivity contribution in [2.24, 2.45) is 0 Å². The zero-order valence-corrected chi connectivity index (χ0v) is 16.4. The number of cyclic esters (lactones) is 1. The van der Waals surface area contributed by atoms with Crippen LogP contribution in [-0.4, -0.2) is 78.0 Å². The van der Waals surface area contributed by atoms with E-state index < -0.39 is 59.7 Å². The number of esters is 2. The fourth-order valence-corrected chi connectivity index (χ4v) is 3.79. The van der Waals surface area contributed by atoms with Gasteiger partial charge in [-0.05, 0) is 20.8 Å². The second-order valence-electron chi connectivity index (χ2n) is 8.49. The Kier molecular flexibility index (Phi) is 5.57. The number of alkyl carbamates (subject to hydrolysis) is 1. The van der Waals surface area contributed by atoms with Gasteiger partial charge >= 0.3 is 18.0 Å². The first-order chi connectivity index (χ1) is 13.0. The molecule has 6 atom stereocenters. The minimum atomic E-state index is -1.06. The zero-order chi connectivity index (χ0) is 20.7. The van der Waals surface area contributed by atoms with E-state index in [1.165, 1.54) is 6.92 Å². The highest BCUT2D eigenvalue weighted by atomic mass is 16.6. The number of carbonyl (C=O) groups excluding carboxylic acids is 3. The molecule has 0 aromatic heterocycles. The van der Waals surface area contributed by atoms with Gasteiger partial charge < -0.3 is 34.1 Å². The highest BCUT2D eigenvalue weighted by Gasteiger charge is 2.57. The number of fused-ring (bicyclic) bond motifs is 1. The van der Waals surface area contributed by atoms with Crippen LogP contribution in [0.5, 0.6) is 0 Å². The van der Waals surface area contributed by atoms with Crippen LogP contribution in [0.25, 0.3) is 0 Å². The molecule has 28 heavy (non-hydrogen) atoms. The predicted molar refractivity (Wildman–Crippen MR) is 92.3 cm³/mol. The number of rotatable bonds is 2. The van der Waals surface area contributed by atoms with Crippen LogP contribution >= 0.6 is 0 Å². The molecule has 1 spiro atoms. The molecule has 2 N–H and O–H groups in total. The van der Waals surface area contributed by atoms with Crippen molar-refractivity contribution in [1.29, 1.82) is 0 Å². The average Bonchev–Trinajstić information content (AvgIpc) is 2.91. The van der Waals surface area contributed by atoms with Crippen LogP contribution in [0.1, 0.15) is 40.5 Å². The second-order valence-corrected chi connectivity index (χ2v) is 8.49. The summed E-state index contributed by atoms with van der Waals surface area (Å²) in [5.41, 5.74) is -1.61. The van der Waals surface area contributed by atoms with Crippen LogP contribution in [0.2, 0.25) is 0 Å². The van der Waals surface area contributed by atoms with Gasteiger partial charge in [0.05, 0.1) is 12.7 Å². The molecule has 3 aliphatic rings. The summed E-state index contributed by atoms with van der Waals surface area (Å²) in [6.45, 7) is 6.45. The lowest BCUT2D eigenvalue weighted by Gasteiger charge is -2.37. The lowest BCUT2D eigenvalue weighted by Crippen LogP contribution is -2.55. The Hall–Kier alpha value is -1.91. The van der Waals surface area contributed by atoms with Gasteiger partial charge in [0.1, 0.15) is 36.1 Å². The van der Waals surface area contributed by atoms with Crippen molar-refractivity contribution in [2.75, 3.05) is 13.2 Å². The third-order valence-corrected chi connectivity index (χ3v) is 4.86. The largest absolute Gasteiger partial charge is 0.461 e. The van der Waals surface area contributed by atoms with Crippen LogP contribution in [0, 0.1) is 0 Å². The van der Waals surface area contributed by atoms with E-state index in [1.807, 2.05) is 0 Å². The number of amides is 1. The van der Waals surface area contributed by atoms with Crippen molar-refractivity contribution in [3.8, 4) is 0 Å². The van der Waals surface area contributed by atoms with E-state index in [1.54, 1.807) is 20.8 Å². The summed E-state index contributed by atoms with van der Waals surface area (Å²) >= 11 is 0. The monoisotopic (exact) mass is 401 g/mol. The Labute approximate surface area is 162 Å². The number of aliphatic hydroxyl groups excluding tert-OH is 1. The number of nitrogens with one attached hydrogen (secondary N) is 1. The summed E-state index contributed by atoms with van der Waals surface area (Å²) in [5, 5.41) is 13.0. The summed E-state index contributed by atoms with van der Waals surface area (Å²) in [6, 6.07) is -0.940. The first-order valence-electron chi connectivity index (χ1n) is 9.29. The van der Waals surface area contributed by atoms with Crippen molar-refractivity contribution >= 4 is 18.0 Å². The lowest BCUT2D eigenvalue weighted by molar-refractivity contribution is -0.212. The lowest BCUT2D eigenvalue weighted by atomic mass is 9.88. The molecule has 0 aromatic carbocycles. The van der Waals surface area contributed by atoms with Crippen molar-refractivity contribution in [3.05, 3.63) is 0 Å². The zero-order valence-electron chi connectivity index (χ0n) is 16.4. The first kappa shape index (κ1) is 20.8. The highest BCUT2D eigenvalue weighted by molar-refractivity contribution is 5.82. The van der Waals surface area contributed by atoms with Gasteiger partial charge in [0.25, 0.3) is 0 Å². The van der Waals surface area contributed by atoms with Crippen LogP contribution in [0.15, 0.2) is 0 Å². The molecule has 3 heterocycles. The fourth-order valence-electron chi connectivity index (χ4n) is 3.79. The molecule has 1 amide bonds. The van der Waals surface area contributed by atoms with E-state index in [0.717, 1.165) is 0 Å². The molecule has 0 radical (unpaired) electrons. The average molecular weight is 401 g/mol. The molecule has 3 aliphatic heterocycles. The molecular formula is C18H27NO9. The first-order valence-corrected chi connectivity index (χ1v) is 9.29. The van der Waals surface area contributed by atoms with Crippen molar-refractivity contribution in [2.45, 2.75) is 82.2 Å². The van der Waals surface area contributed by atoms with Gasteiger partial charge in [-0.3, -0.25) is 4.79 Å². The van der Waals surface area contributed by atoms with Gasteiger partial charge in [-0.2, -0.15) is 0 Å². The Morgan fingerprint density at radius 3 is 2.64 bits per heavy atom. The van der Waals surface area contributed by atoms with Gasteiger partial charge in [-0.15, -0.1) is 0 Å². The SMILES string of the molecule is CC(=O)O[C@H]1CO[C@@H]2C[C@]3(COC(=O)[C@@H](NC(=O)OC(C)(C)C)C3)O[C@@H]2[C@@H]1O. The Morgan fingerprint density at radius 1 is 1.29 bits per heavy atom. The molecule has 10 nitrogen and oxygen atoms in total. The third-order valence-electron chi connectivity index (χ3n) is 4.86. The van der Waals surface area contributed by atoms with Crippen LogP contribution in [0.4, 0.5) is 4.79 Å². The van der Waals surface area contributed by atoms with Crippen molar-refractivity contribution in [1.82, 2.24) is 5.32 Å². The molecule has 0 saturated carbocycles. The van der Waals surface area contributed by atoms with Gasteiger partial charge in [0, 0.05) is 19.8 Å². The summed E-state index contributed by atoms with van der Waals surface area (Å²) in [6.07, 6.45) is -3.23. The van der Waals surface area contributed by atoms with E-state index in [9.17, 15) is 19.5 Å². The molecule has 158 valence electrons. The summed E-state index contributed by atoms with van der Waals surface area (Å²) < 4.78 is 27.2. The molecule has 10 heteroatoms. The maximum Gasteiger partial charge on any atom is 0.408 e. The molecular weight excluding hydrogens is 374 g/mol. The van der Waals surface area contributed by atoms with Crippen molar-refractivity contribution < 1.29 is 43.2 Å². The third kappa shape index (κ3) is 4.56. The predicted octanol–water partition coefficient (Wildman–Crippen LogP) is 0.0457. The number of ether oxygens (including phenoxy) is 5. The second kappa shape index (κ2) is 7.49. The smallest absolute Gasteiger partial charge is 0.408 e. The van der Waals surface area contributed by atoms with Gasteiger partial charge in [-0.25, -0.2) is 9.59 Å². The molecule has 0 unspecified atom stereocenters. The van der Waals surface area contributed by atoms with E-state index >= 15 is 0 Å². The van der Waals surface area contributed by atoms with Gasteiger partial charge in [0.2, 0.25) is 0 Å². The normalized spacial score (nSPS) is 37.8. The Balaban J connectivity index is 1.66. The Morgan fingerprint density at radius 2 is 2.00 bits per heavy atom. The quantitative estimate of drug-likeness (QED) is 0.487. The number of hydrogen-bond acceptors (Lipinski definition) is 9. The van der Waals surface area contributed by atoms with E-state index in [4.69, 9.17) is 23.7 Å². The highest BCUT2D eigenvalue weighted by Crippen LogP contribution is 2.42.